The van der Waals surface area contributed by atoms with Gasteiger partial charge in [-0.2, -0.15) is 5.10 Å². The minimum absolute atomic E-state index is 0.0590. The van der Waals surface area contributed by atoms with Crippen LogP contribution in [0.15, 0.2) is 59.7 Å². The summed E-state index contributed by atoms with van der Waals surface area (Å²) in [6, 6.07) is 13.2. The maximum atomic E-state index is 12.7. The third-order valence-electron chi connectivity index (χ3n) is 6.03. The van der Waals surface area contributed by atoms with Gasteiger partial charge in [0.2, 0.25) is 0 Å². The molecule has 2 aromatic heterocycles. The van der Waals surface area contributed by atoms with Gasteiger partial charge in [-0.3, -0.25) is 14.3 Å². The zero-order chi connectivity index (χ0) is 24.2. The Hall–Kier alpha value is -3.85. The molecule has 0 bridgehead atoms. The summed E-state index contributed by atoms with van der Waals surface area (Å²) in [5, 5.41) is 32.9. The first-order valence-electron chi connectivity index (χ1n) is 11.1. The number of aliphatic hydroxyl groups is 1. The number of hydrogen-bond acceptors (Lipinski definition) is 6. The molecule has 0 spiro atoms. The Kier molecular flexibility index (Phi) is 6.83. The predicted molar refractivity (Wildman–Crippen MR) is 127 cm³/mol. The van der Waals surface area contributed by atoms with Crippen molar-refractivity contribution in [1.29, 1.82) is 0 Å². The second-order valence-electron chi connectivity index (χ2n) is 8.58. The van der Waals surface area contributed by atoms with Gasteiger partial charge in [-0.1, -0.05) is 35.5 Å². The van der Waals surface area contributed by atoms with Crippen LogP contribution in [0.25, 0.3) is 22.0 Å². The average molecular weight is 462 g/mol. The Morgan fingerprint density at radius 1 is 1.09 bits per heavy atom. The summed E-state index contributed by atoms with van der Waals surface area (Å²) in [5.41, 5.74) is 4.21. The number of aromatic nitrogens is 5. The first kappa shape index (κ1) is 23.3. The third-order valence-corrected chi connectivity index (χ3v) is 6.03. The summed E-state index contributed by atoms with van der Waals surface area (Å²) in [6.07, 6.45) is 3.57. The van der Waals surface area contributed by atoms with E-state index in [4.69, 9.17) is 0 Å². The molecule has 4 aromatic rings. The van der Waals surface area contributed by atoms with E-state index in [-0.39, 0.29) is 18.5 Å². The number of fused-ring (bicyclic) bond motifs is 1. The van der Waals surface area contributed by atoms with E-state index in [1.807, 2.05) is 50.5 Å². The van der Waals surface area contributed by atoms with E-state index >= 15 is 0 Å². The van der Waals surface area contributed by atoms with Crippen LogP contribution in [-0.4, -0.2) is 47.1 Å². The first-order chi connectivity index (χ1) is 16.3. The minimum Gasteiger partial charge on any atom is -0.481 e. The van der Waals surface area contributed by atoms with E-state index in [1.165, 1.54) is 0 Å². The summed E-state index contributed by atoms with van der Waals surface area (Å²) < 4.78 is 2.90. The molecule has 2 N–H and O–H groups in total. The molecule has 0 aliphatic rings. The molecular formula is C25H27N5O4. The van der Waals surface area contributed by atoms with Gasteiger partial charge in [0.05, 0.1) is 23.6 Å². The number of aliphatic hydroxyl groups excluding tert-OH is 1. The minimum atomic E-state index is -1.10. The van der Waals surface area contributed by atoms with Crippen molar-refractivity contribution in [1.82, 2.24) is 24.8 Å². The maximum Gasteiger partial charge on any atom is 0.309 e. The third kappa shape index (κ3) is 5.20. The molecule has 2 aromatic carbocycles. The number of carbonyl (C=O) groups is 1. The van der Waals surface area contributed by atoms with Crippen molar-refractivity contribution in [3.05, 3.63) is 76.3 Å². The zero-order valence-electron chi connectivity index (χ0n) is 19.1. The summed E-state index contributed by atoms with van der Waals surface area (Å²) in [6.45, 7) is 1.96. The fourth-order valence-corrected chi connectivity index (χ4v) is 4.03. The van der Waals surface area contributed by atoms with Gasteiger partial charge in [0.15, 0.2) is 0 Å². The Balaban J connectivity index is 1.38. The number of carboxylic acids is 1. The van der Waals surface area contributed by atoms with Gasteiger partial charge in [0.25, 0.3) is 5.56 Å². The Morgan fingerprint density at radius 2 is 1.85 bits per heavy atom. The lowest BCUT2D eigenvalue weighted by atomic mass is 9.93. The van der Waals surface area contributed by atoms with Gasteiger partial charge in [-0.25, -0.2) is 4.68 Å². The summed E-state index contributed by atoms with van der Waals surface area (Å²) in [7, 11) is 1.86. The monoisotopic (exact) mass is 461 g/mol. The number of benzene rings is 2. The summed E-state index contributed by atoms with van der Waals surface area (Å²) in [5.74, 6) is -2.12. The molecule has 0 fully saturated rings. The van der Waals surface area contributed by atoms with Crippen LogP contribution in [0.2, 0.25) is 0 Å². The lowest BCUT2D eigenvalue weighted by Crippen LogP contribution is -2.32. The summed E-state index contributed by atoms with van der Waals surface area (Å²) >= 11 is 0. The molecule has 2 heterocycles. The highest BCUT2D eigenvalue weighted by Gasteiger charge is 2.26. The quantitative estimate of drug-likeness (QED) is 0.393. The first-order valence-corrected chi connectivity index (χ1v) is 11.1. The van der Waals surface area contributed by atoms with Crippen molar-refractivity contribution < 1.29 is 15.0 Å². The molecule has 34 heavy (non-hydrogen) atoms. The fourth-order valence-electron chi connectivity index (χ4n) is 4.03. The molecule has 4 rings (SSSR count). The lowest BCUT2D eigenvalue weighted by molar-refractivity contribution is -0.146. The molecule has 0 saturated carbocycles. The van der Waals surface area contributed by atoms with E-state index in [0.29, 0.717) is 23.7 Å². The molecule has 0 amide bonds. The zero-order valence-corrected chi connectivity index (χ0v) is 19.1. The van der Waals surface area contributed by atoms with Crippen LogP contribution in [-0.2, 0) is 24.8 Å². The van der Waals surface area contributed by atoms with Crippen LogP contribution in [0.4, 0.5) is 0 Å². The normalized spacial score (nSPS) is 13.1. The number of carboxylic acid groups (broad SMARTS) is 1. The highest BCUT2D eigenvalue weighted by atomic mass is 16.4. The van der Waals surface area contributed by atoms with Crippen LogP contribution < -0.4 is 5.56 Å². The van der Waals surface area contributed by atoms with Crippen LogP contribution in [0.1, 0.15) is 24.0 Å². The second-order valence-corrected chi connectivity index (χ2v) is 8.58. The van der Waals surface area contributed by atoms with Crippen LogP contribution in [0, 0.1) is 12.8 Å². The fraction of sp³-hybridized carbons (Fsp3) is 0.320. The SMILES string of the molecule is Cc1ccc2c(=O)n(CC[C@H](C(=O)O)[C@H](O)CCc3ccc(-c4cnn(C)c4)cc3)nnc2c1. The lowest BCUT2D eigenvalue weighted by Gasteiger charge is -2.19. The molecule has 0 aliphatic heterocycles. The van der Waals surface area contributed by atoms with Crippen LogP contribution >= 0.6 is 0 Å². The van der Waals surface area contributed by atoms with E-state index in [9.17, 15) is 19.8 Å². The molecule has 0 aliphatic carbocycles. The smallest absolute Gasteiger partial charge is 0.309 e. The Morgan fingerprint density at radius 3 is 2.53 bits per heavy atom. The molecule has 0 unspecified atom stereocenters. The van der Waals surface area contributed by atoms with Gasteiger partial charge in [0.1, 0.15) is 5.52 Å². The van der Waals surface area contributed by atoms with Crippen LogP contribution in [0.5, 0.6) is 0 Å². The molecule has 176 valence electrons. The standard InChI is InChI=1S/C25H27N5O4/c1-16-3-9-20-22(13-16)27-28-30(24(20)32)12-11-21(25(33)34)23(31)10-6-17-4-7-18(8-5-17)19-14-26-29(2)15-19/h3-5,7-9,13-15,21,23,31H,6,10-12H2,1-2H3,(H,33,34)/t21-,23+/m0/s1. The second kappa shape index (κ2) is 9.96. The van der Waals surface area contributed by atoms with Crippen molar-refractivity contribution in [3.8, 4) is 11.1 Å². The number of rotatable bonds is 9. The van der Waals surface area contributed by atoms with E-state index in [0.717, 1.165) is 26.9 Å². The highest BCUT2D eigenvalue weighted by Crippen LogP contribution is 2.21. The van der Waals surface area contributed by atoms with Crippen molar-refractivity contribution in [3.63, 3.8) is 0 Å². The van der Waals surface area contributed by atoms with Crippen molar-refractivity contribution in [2.75, 3.05) is 0 Å². The van der Waals surface area contributed by atoms with Gasteiger partial charge in [-0.05, 0) is 55.0 Å². The number of hydrogen-bond donors (Lipinski definition) is 2. The number of nitrogens with zero attached hydrogens (tertiary/aromatic N) is 5. The predicted octanol–water partition coefficient (Wildman–Crippen LogP) is 2.59. The van der Waals surface area contributed by atoms with Gasteiger partial charge < -0.3 is 10.2 Å². The van der Waals surface area contributed by atoms with Crippen molar-refractivity contribution in [2.24, 2.45) is 13.0 Å². The molecule has 9 nitrogen and oxygen atoms in total. The molecule has 0 saturated heterocycles. The largest absolute Gasteiger partial charge is 0.481 e. The van der Waals surface area contributed by atoms with Gasteiger partial charge >= 0.3 is 5.97 Å². The average Bonchev–Trinajstić information content (AvgIpc) is 3.25. The van der Waals surface area contributed by atoms with E-state index in [1.54, 1.807) is 23.0 Å². The van der Waals surface area contributed by atoms with Gasteiger partial charge in [-0.15, -0.1) is 5.10 Å². The number of aryl methyl sites for hydroxylation is 4. The van der Waals surface area contributed by atoms with Gasteiger partial charge in [0, 0.05) is 25.4 Å². The van der Waals surface area contributed by atoms with E-state index in [2.05, 4.69) is 15.4 Å². The number of aliphatic carboxylic acids is 1. The molecular weight excluding hydrogens is 434 g/mol. The summed E-state index contributed by atoms with van der Waals surface area (Å²) in [4.78, 5) is 24.5. The van der Waals surface area contributed by atoms with Crippen molar-refractivity contribution >= 4 is 16.9 Å². The van der Waals surface area contributed by atoms with E-state index < -0.39 is 18.0 Å². The van der Waals surface area contributed by atoms with Crippen molar-refractivity contribution in [2.45, 2.75) is 38.8 Å². The Labute approximate surface area is 196 Å². The van der Waals surface area contributed by atoms with Crippen LogP contribution in [0.3, 0.4) is 0 Å². The molecule has 2 atom stereocenters. The molecule has 9 heteroatoms. The molecule has 0 radical (unpaired) electrons. The maximum absolute atomic E-state index is 12.7. The topological polar surface area (TPSA) is 123 Å². The highest BCUT2D eigenvalue weighted by molar-refractivity contribution is 5.77. The Bertz CT molecular complexity index is 1360.